The van der Waals surface area contributed by atoms with Gasteiger partial charge in [-0.05, 0) is 24.5 Å². The van der Waals surface area contributed by atoms with E-state index in [1.165, 1.54) is 22.5 Å². The van der Waals surface area contributed by atoms with Gasteiger partial charge in [-0.15, -0.1) is 11.3 Å². The van der Waals surface area contributed by atoms with Crippen molar-refractivity contribution in [2.24, 2.45) is 0 Å². The molecule has 5 atom stereocenters. The third-order valence-electron chi connectivity index (χ3n) is 5.37. The number of aliphatic hydroxyl groups is 4. The summed E-state index contributed by atoms with van der Waals surface area (Å²) in [4.78, 5) is 1.73. The highest BCUT2D eigenvalue weighted by atomic mass is 32.1. The SMILES string of the molecule is CCc1ccc(Cc2sc([C@@H]3O[C@H](CO)[C@@H](O)[C@H](O)[C@H]3O)c(OC)c2C)cc1. The van der Waals surface area contributed by atoms with Crippen LogP contribution in [0.25, 0.3) is 0 Å². The second-order valence-corrected chi connectivity index (χ2v) is 8.28. The van der Waals surface area contributed by atoms with Crippen LogP contribution in [0.4, 0.5) is 0 Å². The van der Waals surface area contributed by atoms with Gasteiger partial charge in [0.2, 0.25) is 0 Å². The molecule has 2 heterocycles. The zero-order valence-corrected chi connectivity index (χ0v) is 17.1. The van der Waals surface area contributed by atoms with Crippen molar-refractivity contribution >= 4 is 11.3 Å². The summed E-state index contributed by atoms with van der Waals surface area (Å²) in [7, 11) is 1.56. The maximum atomic E-state index is 10.5. The normalized spacial score (nSPS) is 27.8. The van der Waals surface area contributed by atoms with E-state index in [2.05, 4.69) is 31.2 Å². The Morgan fingerprint density at radius 2 is 1.68 bits per heavy atom. The fourth-order valence-electron chi connectivity index (χ4n) is 3.57. The molecular formula is C21H28O6S. The number of benzene rings is 1. The van der Waals surface area contributed by atoms with Crippen LogP contribution in [0, 0.1) is 6.92 Å². The van der Waals surface area contributed by atoms with Crippen LogP contribution in [0.5, 0.6) is 5.75 Å². The number of hydrogen-bond donors (Lipinski definition) is 4. The molecule has 6 nitrogen and oxygen atoms in total. The van der Waals surface area contributed by atoms with Gasteiger partial charge in [0.05, 0.1) is 18.6 Å². The minimum atomic E-state index is -1.41. The lowest BCUT2D eigenvalue weighted by atomic mass is 9.94. The molecule has 0 amide bonds. The topological polar surface area (TPSA) is 99.4 Å². The Bertz CT molecular complexity index is 785. The monoisotopic (exact) mass is 408 g/mol. The van der Waals surface area contributed by atoms with E-state index in [1.807, 2.05) is 6.92 Å². The Hall–Kier alpha value is -1.48. The van der Waals surface area contributed by atoms with Crippen LogP contribution < -0.4 is 4.74 Å². The molecule has 4 N–H and O–H groups in total. The van der Waals surface area contributed by atoms with Crippen molar-refractivity contribution in [3.8, 4) is 5.75 Å². The Morgan fingerprint density at radius 3 is 2.25 bits per heavy atom. The maximum Gasteiger partial charge on any atom is 0.138 e. The molecule has 1 saturated heterocycles. The van der Waals surface area contributed by atoms with E-state index in [-0.39, 0.29) is 0 Å². The molecule has 0 radical (unpaired) electrons. The first-order chi connectivity index (χ1) is 13.4. The van der Waals surface area contributed by atoms with Gasteiger partial charge < -0.3 is 29.9 Å². The smallest absolute Gasteiger partial charge is 0.138 e. The first-order valence-corrected chi connectivity index (χ1v) is 10.3. The Morgan fingerprint density at radius 1 is 1.04 bits per heavy atom. The largest absolute Gasteiger partial charge is 0.495 e. The summed E-state index contributed by atoms with van der Waals surface area (Å²) >= 11 is 1.46. The molecule has 1 fully saturated rings. The number of hydrogen-bond acceptors (Lipinski definition) is 7. The number of ether oxygens (including phenoxy) is 2. The Kier molecular flexibility index (Phi) is 6.75. The molecule has 2 aromatic rings. The number of aryl methyl sites for hydroxylation is 1. The van der Waals surface area contributed by atoms with Crippen LogP contribution in [-0.4, -0.2) is 58.6 Å². The van der Waals surface area contributed by atoms with Crippen LogP contribution in [-0.2, 0) is 17.6 Å². The third-order valence-corrected chi connectivity index (χ3v) is 6.70. The summed E-state index contributed by atoms with van der Waals surface area (Å²) < 4.78 is 11.3. The number of aliphatic hydroxyl groups excluding tert-OH is 4. The van der Waals surface area contributed by atoms with E-state index in [1.54, 1.807) is 7.11 Å². The van der Waals surface area contributed by atoms with Crippen LogP contribution in [0.15, 0.2) is 24.3 Å². The molecule has 0 spiro atoms. The average molecular weight is 409 g/mol. The minimum absolute atomic E-state index is 0.454. The van der Waals surface area contributed by atoms with Gasteiger partial charge in [0.25, 0.3) is 0 Å². The van der Waals surface area contributed by atoms with Gasteiger partial charge in [0, 0.05) is 16.9 Å². The zero-order chi connectivity index (χ0) is 20.4. The Balaban J connectivity index is 1.92. The van der Waals surface area contributed by atoms with Crippen LogP contribution in [0.3, 0.4) is 0 Å². The second kappa shape index (κ2) is 8.90. The lowest BCUT2D eigenvalue weighted by Crippen LogP contribution is -2.55. The van der Waals surface area contributed by atoms with Crippen molar-refractivity contribution in [2.75, 3.05) is 13.7 Å². The van der Waals surface area contributed by atoms with Crippen LogP contribution in [0.2, 0.25) is 0 Å². The summed E-state index contributed by atoms with van der Waals surface area (Å²) in [5, 5.41) is 40.1. The lowest BCUT2D eigenvalue weighted by molar-refractivity contribution is -0.231. The summed E-state index contributed by atoms with van der Waals surface area (Å²) in [6.45, 7) is 3.62. The molecule has 0 saturated carbocycles. The molecule has 28 heavy (non-hydrogen) atoms. The zero-order valence-electron chi connectivity index (χ0n) is 16.3. The fraction of sp³-hybridized carbons (Fsp3) is 0.524. The molecule has 0 aliphatic carbocycles. The van der Waals surface area contributed by atoms with Crippen molar-refractivity contribution in [3.05, 3.63) is 50.7 Å². The van der Waals surface area contributed by atoms with Gasteiger partial charge in [0.1, 0.15) is 36.3 Å². The van der Waals surface area contributed by atoms with E-state index >= 15 is 0 Å². The Labute approximate surface area is 169 Å². The first-order valence-electron chi connectivity index (χ1n) is 9.45. The van der Waals surface area contributed by atoms with Gasteiger partial charge in [-0.2, -0.15) is 0 Å². The quantitative estimate of drug-likeness (QED) is 0.581. The van der Waals surface area contributed by atoms with Gasteiger partial charge in [-0.25, -0.2) is 0 Å². The molecule has 7 heteroatoms. The highest BCUT2D eigenvalue weighted by Gasteiger charge is 2.45. The summed E-state index contributed by atoms with van der Waals surface area (Å²) in [6, 6.07) is 8.46. The number of methoxy groups -OCH3 is 1. The molecule has 1 aromatic carbocycles. The van der Waals surface area contributed by atoms with Crippen molar-refractivity contribution in [1.82, 2.24) is 0 Å². The summed E-state index contributed by atoms with van der Waals surface area (Å²) in [5.74, 6) is 0.606. The van der Waals surface area contributed by atoms with Gasteiger partial charge >= 0.3 is 0 Å². The fourth-order valence-corrected chi connectivity index (χ4v) is 4.96. The van der Waals surface area contributed by atoms with Gasteiger partial charge in [-0.3, -0.25) is 0 Å². The van der Waals surface area contributed by atoms with Gasteiger partial charge in [0.15, 0.2) is 0 Å². The van der Waals surface area contributed by atoms with Crippen molar-refractivity contribution in [1.29, 1.82) is 0 Å². The molecule has 0 bridgehead atoms. The number of rotatable bonds is 6. The first kappa shape index (κ1) is 21.2. The second-order valence-electron chi connectivity index (χ2n) is 7.14. The van der Waals surface area contributed by atoms with Crippen LogP contribution >= 0.6 is 11.3 Å². The molecule has 1 aliphatic rings. The molecule has 0 unspecified atom stereocenters. The predicted molar refractivity (Wildman–Crippen MR) is 107 cm³/mol. The van der Waals surface area contributed by atoms with Crippen molar-refractivity contribution < 1.29 is 29.9 Å². The molecular weight excluding hydrogens is 380 g/mol. The highest BCUT2D eigenvalue weighted by Crippen LogP contribution is 2.45. The van der Waals surface area contributed by atoms with E-state index in [9.17, 15) is 20.4 Å². The third kappa shape index (κ3) is 3.96. The van der Waals surface area contributed by atoms with E-state index in [0.29, 0.717) is 17.0 Å². The van der Waals surface area contributed by atoms with Crippen LogP contribution in [0.1, 0.15) is 39.5 Å². The van der Waals surface area contributed by atoms with Gasteiger partial charge in [-0.1, -0.05) is 31.2 Å². The number of thiophene rings is 1. The van der Waals surface area contributed by atoms with E-state index in [4.69, 9.17) is 9.47 Å². The standard InChI is InChI=1S/C21H28O6S/c1-4-12-5-7-13(8-6-12)9-15-11(2)19(26-3)21(28-15)20-18(25)17(24)16(23)14(10-22)27-20/h5-8,14,16-18,20,22-25H,4,9-10H2,1-3H3/t14-,16-,17+,18-,20-/m1/s1. The van der Waals surface area contributed by atoms with E-state index < -0.39 is 37.1 Å². The summed E-state index contributed by atoms with van der Waals surface area (Å²) in [5.41, 5.74) is 3.41. The summed E-state index contributed by atoms with van der Waals surface area (Å²) in [6.07, 6.45) is -4.22. The molecule has 1 aromatic heterocycles. The molecule has 154 valence electrons. The molecule has 3 rings (SSSR count). The maximum absolute atomic E-state index is 10.5. The predicted octanol–water partition coefficient (Wildman–Crippen LogP) is 1.73. The molecule has 1 aliphatic heterocycles. The van der Waals surface area contributed by atoms with Crippen molar-refractivity contribution in [2.45, 2.75) is 57.2 Å². The minimum Gasteiger partial charge on any atom is -0.495 e. The van der Waals surface area contributed by atoms with E-state index in [0.717, 1.165) is 16.9 Å². The highest BCUT2D eigenvalue weighted by molar-refractivity contribution is 7.12. The van der Waals surface area contributed by atoms with Crippen molar-refractivity contribution in [3.63, 3.8) is 0 Å². The lowest BCUT2D eigenvalue weighted by Gasteiger charge is -2.39. The average Bonchev–Trinajstić information content (AvgIpc) is 3.02.